The molecule has 6 heteroatoms. The maximum Gasteiger partial charge on any atom is 0.335 e. The second-order valence-corrected chi connectivity index (χ2v) is 4.90. The van der Waals surface area contributed by atoms with Crippen LogP contribution in [-0.2, 0) is 6.42 Å². The van der Waals surface area contributed by atoms with Crippen LogP contribution in [-0.4, -0.2) is 32.4 Å². The van der Waals surface area contributed by atoms with Crippen LogP contribution in [0.1, 0.15) is 40.4 Å². The highest BCUT2D eigenvalue weighted by atomic mass is 16.4. The van der Waals surface area contributed by atoms with Crippen LogP contribution >= 0.6 is 0 Å². The fourth-order valence-corrected chi connectivity index (χ4v) is 1.94. The summed E-state index contributed by atoms with van der Waals surface area (Å²) in [4.78, 5) is 21.8. The molecule has 0 bridgehead atoms. The predicted octanol–water partition coefficient (Wildman–Crippen LogP) is 1.98. The molecule has 20 heavy (non-hydrogen) atoms. The summed E-state index contributed by atoms with van der Waals surface area (Å²) in [7, 11) is 0. The smallest absolute Gasteiger partial charge is 0.335 e. The van der Waals surface area contributed by atoms with Gasteiger partial charge in [-0.1, -0.05) is 19.1 Å². The molecule has 0 aliphatic heterocycles. The lowest BCUT2D eigenvalue weighted by molar-refractivity contribution is 0.0696. The minimum atomic E-state index is -0.980. The Bertz CT molecular complexity index is 630. The topological polar surface area (TPSA) is 85.1 Å². The zero-order valence-corrected chi connectivity index (χ0v) is 11.3. The third-order valence-electron chi connectivity index (χ3n) is 2.87. The molecule has 1 aromatic carbocycles. The number of aromatic carboxylic acids is 1. The molecule has 0 aliphatic rings. The minimum Gasteiger partial charge on any atom is -0.478 e. The standard InChI is InChI=1S/C14H15N3O3/c1-9(2)7-13-12(8-18)15-16-17(13)11-5-3-10(4-6-11)14(19)20/h3-6,8-9H,7H2,1-2H3,(H,19,20). The number of benzene rings is 1. The largest absolute Gasteiger partial charge is 0.478 e. The van der Waals surface area contributed by atoms with E-state index in [1.54, 1.807) is 16.8 Å². The van der Waals surface area contributed by atoms with Gasteiger partial charge in [-0.05, 0) is 36.6 Å². The number of carboxylic acids is 1. The molecule has 0 amide bonds. The zero-order chi connectivity index (χ0) is 14.7. The summed E-state index contributed by atoms with van der Waals surface area (Å²) in [5.74, 6) is -0.629. The van der Waals surface area contributed by atoms with Crippen molar-refractivity contribution >= 4 is 12.3 Å². The number of carbonyl (C=O) groups excluding carboxylic acids is 1. The van der Waals surface area contributed by atoms with E-state index in [4.69, 9.17) is 5.11 Å². The van der Waals surface area contributed by atoms with E-state index >= 15 is 0 Å². The molecular weight excluding hydrogens is 258 g/mol. The van der Waals surface area contributed by atoms with Gasteiger partial charge in [-0.2, -0.15) is 0 Å². The lowest BCUT2D eigenvalue weighted by atomic mass is 10.1. The fraction of sp³-hybridized carbons (Fsp3) is 0.286. The number of nitrogens with zero attached hydrogens (tertiary/aromatic N) is 3. The van der Waals surface area contributed by atoms with Crippen molar-refractivity contribution in [1.29, 1.82) is 0 Å². The maximum atomic E-state index is 11.0. The molecule has 1 heterocycles. The lowest BCUT2D eigenvalue weighted by Crippen LogP contribution is -2.07. The van der Waals surface area contributed by atoms with Crippen LogP contribution in [0.4, 0.5) is 0 Å². The van der Waals surface area contributed by atoms with Gasteiger partial charge in [0.05, 0.1) is 16.9 Å². The number of aldehydes is 1. The van der Waals surface area contributed by atoms with Crippen LogP contribution in [0.5, 0.6) is 0 Å². The third kappa shape index (κ3) is 2.74. The number of aromatic nitrogens is 3. The van der Waals surface area contributed by atoms with Gasteiger partial charge < -0.3 is 5.11 Å². The van der Waals surface area contributed by atoms with Crippen LogP contribution in [0, 0.1) is 5.92 Å². The van der Waals surface area contributed by atoms with Crippen molar-refractivity contribution < 1.29 is 14.7 Å². The maximum absolute atomic E-state index is 11.0. The summed E-state index contributed by atoms with van der Waals surface area (Å²) < 4.78 is 1.58. The van der Waals surface area contributed by atoms with E-state index in [2.05, 4.69) is 10.3 Å². The normalized spacial score (nSPS) is 10.8. The van der Waals surface area contributed by atoms with Gasteiger partial charge in [-0.25, -0.2) is 9.48 Å². The summed E-state index contributed by atoms with van der Waals surface area (Å²) in [6, 6.07) is 6.30. The van der Waals surface area contributed by atoms with Gasteiger partial charge in [0, 0.05) is 0 Å². The number of carbonyl (C=O) groups is 2. The molecule has 0 aliphatic carbocycles. The molecule has 6 nitrogen and oxygen atoms in total. The Morgan fingerprint density at radius 2 is 2.00 bits per heavy atom. The van der Waals surface area contributed by atoms with Gasteiger partial charge in [0.15, 0.2) is 6.29 Å². The summed E-state index contributed by atoms with van der Waals surface area (Å²) >= 11 is 0. The molecule has 104 valence electrons. The molecule has 0 saturated heterocycles. The van der Waals surface area contributed by atoms with Crippen molar-refractivity contribution in [3.05, 3.63) is 41.2 Å². The molecule has 1 N–H and O–H groups in total. The van der Waals surface area contributed by atoms with Crippen molar-refractivity contribution in [2.45, 2.75) is 20.3 Å². The Balaban J connectivity index is 2.43. The summed E-state index contributed by atoms with van der Waals surface area (Å²) in [6.07, 6.45) is 1.36. The fourth-order valence-electron chi connectivity index (χ4n) is 1.94. The van der Waals surface area contributed by atoms with E-state index in [0.717, 1.165) is 5.69 Å². The summed E-state index contributed by atoms with van der Waals surface area (Å²) in [5, 5.41) is 16.7. The van der Waals surface area contributed by atoms with Crippen molar-refractivity contribution in [2.24, 2.45) is 5.92 Å². The average molecular weight is 273 g/mol. The first-order chi connectivity index (χ1) is 9.52. The summed E-state index contributed by atoms with van der Waals surface area (Å²) in [5.41, 5.74) is 1.94. The van der Waals surface area contributed by atoms with E-state index in [1.165, 1.54) is 12.1 Å². The van der Waals surface area contributed by atoms with Crippen LogP contribution in [0.25, 0.3) is 5.69 Å². The number of hydrogen-bond donors (Lipinski definition) is 1. The first-order valence-corrected chi connectivity index (χ1v) is 6.26. The molecular formula is C14H15N3O3. The lowest BCUT2D eigenvalue weighted by Gasteiger charge is -2.09. The van der Waals surface area contributed by atoms with Gasteiger partial charge in [-0.15, -0.1) is 5.10 Å². The van der Waals surface area contributed by atoms with Crippen LogP contribution in [0.15, 0.2) is 24.3 Å². The second-order valence-electron chi connectivity index (χ2n) is 4.90. The highest BCUT2D eigenvalue weighted by Crippen LogP contribution is 2.16. The number of hydrogen-bond acceptors (Lipinski definition) is 4. The van der Waals surface area contributed by atoms with Crippen molar-refractivity contribution in [2.75, 3.05) is 0 Å². The molecule has 2 rings (SSSR count). The number of carboxylic acid groups (broad SMARTS) is 1. The Morgan fingerprint density at radius 1 is 1.35 bits per heavy atom. The first kappa shape index (κ1) is 13.9. The molecule has 0 radical (unpaired) electrons. The van der Waals surface area contributed by atoms with Gasteiger partial charge in [0.25, 0.3) is 0 Å². The quantitative estimate of drug-likeness (QED) is 0.842. The Kier molecular flexibility index (Phi) is 3.93. The van der Waals surface area contributed by atoms with Crippen LogP contribution in [0.2, 0.25) is 0 Å². The van der Waals surface area contributed by atoms with Crippen LogP contribution in [0.3, 0.4) is 0 Å². The Hall–Kier alpha value is -2.50. The SMILES string of the molecule is CC(C)Cc1c(C=O)nnn1-c1ccc(C(=O)O)cc1. The van der Waals surface area contributed by atoms with E-state index in [-0.39, 0.29) is 5.56 Å². The van der Waals surface area contributed by atoms with Gasteiger partial charge >= 0.3 is 5.97 Å². The van der Waals surface area contributed by atoms with Gasteiger partial charge in [0.1, 0.15) is 5.69 Å². The number of rotatable bonds is 5. The molecule has 0 saturated carbocycles. The minimum absolute atomic E-state index is 0.204. The Labute approximate surface area is 116 Å². The first-order valence-electron chi connectivity index (χ1n) is 6.26. The summed E-state index contributed by atoms with van der Waals surface area (Å²) in [6.45, 7) is 4.08. The van der Waals surface area contributed by atoms with E-state index in [1.807, 2.05) is 13.8 Å². The second kappa shape index (κ2) is 5.64. The van der Waals surface area contributed by atoms with E-state index in [0.29, 0.717) is 30.0 Å². The molecule has 0 fully saturated rings. The zero-order valence-electron chi connectivity index (χ0n) is 11.3. The monoisotopic (exact) mass is 273 g/mol. The Morgan fingerprint density at radius 3 is 2.50 bits per heavy atom. The van der Waals surface area contributed by atoms with Crippen LogP contribution < -0.4 is 0 Å². The van der Waals surface area contributed by atoms with Gasteiger partial charge in [-0.3, -0.25) is 4.79 Å². The molecule has 2 aromatic rings. The van der Waals surface area contributed by atoms with Gasteiger partial charge in [0.2, 0.25) is 0 Å². The highest BCUT2D eigenvalue weighted by molar-refractivity contribution is 5.87. The molecule has 0 atom stereocenters. The van der Waals surface area contributed by atoms with Crippen molar-refractivity contribution in [1.82, 2.24) is 15.0 Å². The highest BCUT2D eigenvalue weighted by Gasteiger charge is 2.15. The average Bonchev–Trinajstić information content (AvgIpc) is 2.81. The molecule has 1 aromatic heterocycles. The molecule has 0 spiro atoms. The van der Waals surface area contributed by atoms with Crippen molar-refractivity contribution in [3.63, 3.8) is 0 Å². The predicted molar refractivity (Wildman–Crippen MR) is 72.2 cm³/mol. The molecule has 0 unspecified atom stereocenters. The van der Waals surface area contributed by atoms with Crippen molar-refractivity contribution in [3.8, 4) is 5.69 Å². The van der Waals surface area contributed by atoms with E-state index in [9.17, 15) is 9.59 Å². The van der Waals surface area contributed by atoms with E-state index < -0.39 is 5.97 Å². The third-order valence-corrected chi connectivity index (χ3v) is 2.87.